The van der Waals surface area contributed by atoms with Gasteiger partial charge in [-0.15, -0.1) is 29.9 Å². The molecular formula is C25H39Cl2N7O2. The molecule has 1 aliphatic heterocycles. The van der Waals surface area contributed by atoms with Gasteiger partial charge in [0.15, 0.2) is 5.69 Å². The van der Waals surface area contributed by atoms with Crippen LogP contribution in [0.5, 0.6) is 0 Å². The first kappa shape index (κ1) is 30.0. The molecule has 1 saturated heterocycles. The minimum Gasteiger partial charge on any atom is -0.356 e. The van der Waals surface area contributed by atoms with Crippen LogP contribution < -0.4 is 16.4 Å². The van der Waals surface area contributed by atoms with Crippen molar-refractivity contribution in [3.63, 3.8) is 0 Å². The summed E-state index contributed by atoms with van der Waals surface area (Å²) in [5.41, 5.74) is 7.53. The third-order valence-electron chi connectivity index (χ3n) is 6.90. The van der Waals surface area contributed by atoms with Crippen LogP contribution in [-0.4, -0.2) is 63.9 Å². The average Bonchev–Trinajstić information content (AvgIpc) is 3.35. The van der Waals surface area contributed by atoms with E-state index < -0.39 is 0 Å². The normalized spacial score (nSPS) is 24.1. The molecule has 0 radical (unpaired) electrons. The highest BCUT2D eigenvalue weighted by Crippen LogP contribution is 2.27. The Hall–Kier alpha value is -2.20. The minimum absolute atomic E-state index is 0. The molecule has 1 aromatic carbocycles. The van der Waals surface area contributed by atoms with E-state index in [-0.39, 0.29) is 54.8 Å². The van der Waals surface area contributed by atoms with Crippen LogP contribution in [-0.2, 0) is 4.79 Å². The molecule has 4 N–H and O–H groups in total. The van der Waals surface area contributed by atoms with Gasteiger partial charge < -0.3 is 21.3 Å². The Bertz CT molecular complexity index is 935. The second kappa shape index (κ2) is 15.1. The van der Waals surface area contributed by atoms with Crippen LogP contribution in [0.2, 0.25) is 0 Å². The van der Waals surface area contributed by atoms with Crippen LogP contribution >= 0.6 is 24.8 Å². The van der Waals surface area contributed by atoms with Crippen molar-refractivity contribution in [2.75, 3.05) is 26.2 Å². The third kappa shape index (κ3) is 8.44. The van der Waals surface area contributed by atoms with Gasteiger partial charge >= 0.3 is 0 Å². The lowest BCUT2D eigenvalue weighted by Crippen LogP contribution is -2.35. The van der Waals surface area contributed by atoms with E-state index in [2.05, 4.69) is 33.1 Å². The Balaban J connectivity index is 0.00000228. The molecule has 1 aliphatic carbocycles. The number of aromatic nitrogens is 3. The van der Waals surface area contributed by atoms with Gasteiger partial charge in [-0.25, -0.2) is 4.68 Å². The number of nitrogens with one attached hydrogen (secondary N) is 2. The van der Waals surface area contributed by atoms with Gasteiger partial charge in [0.2, 0.25) is 5.91 Å². The summed E-state index contributed by atoms with van der Waals surface area (Å²) >= 11 is 0. The summed E-state index contributed by atoms with van der Waals surface area (Å²) in [4.78, 5) is 27.6. The van der Waals surface area contributed by atoms with Crippen molar-refractivity contribution in [1.29, 1.82) is 0 Å². The standard InChI is InChI=1S/C25H37N7O2.2ClH/c26-20-9-11-21(12-10-20)32-18-23(29-30-32)25(34)31-15-5-4-13-27-22(19-7-2-1-3-8-19)17-24(33)28-14-6-16-31;;/h1-3,7-8,18,20-22,27H,4-6,9-17,26H2,(H,28,33);2*1H. The molecule has 0 spiro atoms. The molecule has 200 valence electrons. The maximum absolute atomic E-state index is 13.2. The second-order valence-corrected chi connectivity index (χ2v) is 9.48. The van der Waals surface area contributed by atoms with Gasteiger partial charge in [-0.05, 0) is 57.1 Å². The quantitative estimate of drug-likeness (QED) is 0.551. The third-order valence-corrected chi connectivity index (χ3v) is 6.90. The Morgan fingerprint density at radius 2 is 1.69 bits per heavy atom. The number of halogens is 2. The number of carbonyl (C=O) groups is 2. The Morgan fingerprint density at radius 3 is 2.44 bits per heavy atom. The molecular weight excluding hydrogens is 501 g/mol. The van der Waals surface area contributed by atoms with Gasteiger partial charge in [-0.3, -0.25) is 9.59 Å². The maximum Gasteiger partial charge on any atom is 0.276 e. The van der Waals surface area contributed by atoms with E-state index >= 15 is 0 Å². The van der Waals surface area contributed by atoms with Crippen LogP contribution in [0.1, 0.15) is 79.5 Å². The smallest absolute Gasteiger partial charge is 0.276 e. The molecule has 2 heterocycles. The number of benzene rings is 1. The highest BCUT2D eigenvalue weighted by Gasteiger charge is 2.24. The molecule has 36 heavy (non-hydrogen) atoms. The summed E-state index contributed by atoms with van der Waals surface area (Å²) in [6, 6.07) is 10.6. The summed E-state index contributed by atoms with van der Waals surface area (Å²) in [6.45, 7) is 2.57. The highest BCUT2D eigenvalue weighted by molar-refractivity contribution is 5.91. The van der Waals surface area contributed by atoms with Gasteiger partial charge in [0.25, 0.3) is 5.91 Å². The van der Waals surface area contributed by atoms with Crippen molar-refractivity contribution in [3.05, 3.63) is 47.8 Å². The zero-order chi connectivity index (χ0) is 23.8. The maximum atomic E-state index is 13.2. The molecule has 1 aromatic heterocycles. The van der Waals surface area contributed by atoms with Crippen LogP contribution in [0.25, 0.3) is 0 Å². The summed E-state index contributed by atoms with van der Waals surface area (Å²) in [5.74, 6) is -0.0660. The lowest BCUT2D eigenvalue weighted by Gasteiger charge is -2.25. The molecule has 1 unspecified atom stereocenters. The number of rotatable bonds is 3. The molecule has 9 nitrogen and oxygen atoms in total. The van der Waals surface area contributed by atoms with Gasteiger partial charge in [-0.1, -0.05) is 35.5 Å². The van der Waals surface area contributed by atoms with Crippen LogP contribution in [0.4, 0.5) is 0 Å². The molecule has 2 aliphatic rings. The lowest BCUT2D eigenvalue weighted by atomic mass is 9.92. The number of amides is 2. The number of nitrogens with zero attached hydrogens (tertiary/aromatic N) is 4. The minimum atomic E-state index is -0.0879. The van der Waals surface area contributed by atoms with E-state index in [1.54, 1.807) is 6.20 Å². The Labute approximate surface area is 225 Å². The zero-order valence-corrected chi connectivity index (χ0v) is 22.3. The van der Waals surface area contributed by atoms with Gasteiger partial charge in [-0.2, -0.15) is 0 Å². The number of hydrogen-bond acceptors (Lipinski definition) is 6. The fourth-order valence-electron chi connectivity index (χ4n) is 4.85. The molecule has 1 atom stereocenters. The summed E-state index contributed by atoms with van der Waals surface area (Å²) < 4.78 is 1.84. The van der Waals surface area contributed by atoms with E-state index in [1.165, 1.54) is 0 Å². The zero-order valence-electron chi connectivity index (χ0n) is 20.7. The molecule has 2 fully saturated rings. The first-order valence-electron chi connectivity index (χ1n) is 12.6. The SMILES string of the molecule is Cl.Cl.NC1CCC(n2cc(C(=O)N3CCCCNC(c4ccccc4)CC(=O)NCCC3)nn2)CC1. The summed E-state index contributed by atoms with van der Waals surface area (Å²) in [7, 11) is 0. The number of nitrogens with two attached hydrogens (primary N) is 1. The van der Waals surface area contributed by atoms with Gasteiger partial charge in [0.1, 0.15) is 0 Å². The van der Waals surface area contributed by atoms with Crippen molar-refractivity contribution < 1.29 is 9.59 Å². The van der Waals surface area contributed by atoms with E-state index in [0.29, 0.717) is 38.2 Å². The molecule has 2 amide bonds. The first-order chi connectivity index (χ1) is 16.6. The van der Waals surface area contributed by atoms with Crippen LogP contribution in [0.15, 0.2) is 36.5 Å². The molecule has 2 aromatic rings. The monoisotopic (exact) mass is 539 g/mol. The number of carbonyl (C=O) groups excluding carboxylic acids is 2. The lowest BCUT2D eigenvalue weighted by molar-refractivity contribution is -0.121. The second-order valence-electron chi connectivity index (χ2n) is 9.48. The van der Waals surface area contributed by atoms with Gasteiger partial charge in [0, 0.05) is 38.1 Å². The molecule has 0 bridgehead atoms. The predicted molar refractivity (Wildman–Crippen MR) is 145 cm³/mol. The fourth-order valence-corrected chi connectivity index (χ4v) is 4.85. The van der Waals surface area contributed by atoms with Crippen molar-refractivity contribution in [1.82, 2.24) is 30.5 Å². The van der Waals surface area contributed by atoms with Gasteiger partial charge in [0.05, 0.1) is 12.2 Å². The molecule has 11 heteroatoms. The predicted octanol–water partition coefficient (Wildman–Crippen LogP) is 3.03. The summed E-state index contributed by atoms with van der Waals surface area (Å²) in [5, 5.41) is 15.0. The number of hydrogen-bond donors (Lipinski definition) is 3. The first-order valence-corrected chi connectivity index (χ1v) is 12.6. The Morgan fingerprint density at radius 1 is 0.972 bits per heavy atom. The van der Waals surface area contributed by atoms with E-state index in [9.17, 15) is 9.59 Å². The largest absolute Gasteiger partial charge is 0.356 e. The van der Waals surface area contributed by atoms with Crippen molar-refractivity contribution in [2.45, 2.75) is 69.5 Å². The van der Waals surface area contributed by atoms with E-state index in [1.807, 2.05) is 27.8 Å². The van der Waals surface area contributed by atoms with Crippen LogP contribution in [0.3, 0.4) is 0 Å². The van der Waals surface area contributed by atoms with Crippen molar-refractivity contribution in [3.8, 4) is 0 Å². The Kier molecular flexibility index (Phi) is 12.6. The van der Waals surface area contributed by atoms with E-state index in [4.69, 9.17) is 5.73 Å². The highest BCUT2D eigenvalue weighted by atomic mass is 35.5. The van der Waals surface area contributed by atoms with Crippen molar-refractivity contribution >= 4 is 36.6 Å². The molecule has 1 saturated carbocycles. The average molecular weight is 541 g/mol. The van der Waals surface area contributed by atoms with E-state index in [0.717, 1.165) is 50.6 Å². The van der Waals surface area contributed by atoms with Crippen LogP contribution in [0, 0.1) is 0 Å². The summed E-state index contributed by atoms with van der Waals surface area (Å²) in [6.07, 6.45) is 8.60. The molecule has 4 rings (SSSR count). The fraction of sp³-hybridized carbons (Fsp3) is 0.600. The van der Waals surface area contributed by atoms with Crippen molar-refractivity contribution in [2.24, 2.45) is 5.73 Å². The topological polar surface area (TPSA) is 118 Å².